The summed E-state index contributed by atoms with van der Waals surface area (Å²) in [6.07, 6.45) is 0.660. The van der Waals surface area contributed by atoms with Crippen LogP contribution < -0.4 is 5.32 Å². The summed E-state index contributed by atoms with van der Waals surface area (Å²) in [4.78, 5) is 0. The molecule has 2 nitrogen and oxygen atoms in total. The summed E-state index contributed by atoms with van der Waals surface area (Å²) in [6.45, 7) is 10.1. The predicted octanol–water partition coefficient (Wildman–Crippen LogP) is 2.17. The number of nitriles is 1. The highest BCUT2D eigenvalue weighted by molar-refractivity contribution is 4.73. The number of hydrogen-bond acceptors (Lipinski definition) is 2. The number of nitrogens with one attached hydrogen (secondary N) is 1. The molecule has 1 unspecified atom stereocenters. The van der Waals surface area contributed by atoms with Crippen LogP contribution in [0.1, 0.15) is 34.1 Å². The zero-order chi connectivity index (χ0) is 9.11. The lowest BCUT2D eigenvalue weighted by molar-refractivity contribution is 0.534. The van der Waals surface area contributed by atoms with Gasteiger partial charge >= 0.3 is 0 Å². The first kappa shape index (κ1) is 13.1. The van der Waals surface area contributed by atoms with E-state index in [9.17, 15) is 0 Å². The average molecular weight is 156 g/mol. The number of hydrogen-bond donors (Lipinski definition) is 1. The molecule has 1 atom stereocenters. The van der Waals surface area contributed by atoms with Crippen molar-refractivity contribution >= 4 is 0 Å². The monoisotopic (exact) mass is 156 g/mol. The van der Waals surface area contributed by atoms with Gasteiger partial charge in [0, 0.05) is 6.42 Å². The molecule has 0 aliphatic heterocycles. The molecule has 11 heavy (non-hydrogen) atoms. The van der Waals surface area contributed by atoms with Crippen LogP contribution in [-0.4, -0.2) is 13.1 Å². The molecule has 0 aliphatic carbocycles. The van der Waals surface area contributed by atoms with Gasteiger partial charge in [0.05, 0.1) is 6.07 Å². The van der Waals surface area contributed by atoms with Crippen LogP contribution in [0.5, 0.6) is 0 Å². The molecule has 2 heteroatoms. The van der Waals surface area contributed by atoms with Gasteiger partial charge in [-0.25, -0.2) is 0 Å². The Morgan fingerprint density at radius 1 is 1.45 bits per heavy atom. The summed E-state index contributed by atoms with van der Waals surface area (Å²) >= 11 is 0. The van der Waals surface area contributed by atoms with E-state index in [1.54, 1.807) is 0 Å². The minimum atomic E-state index is 0.495. The Bertz CT molecular complexity index is 94.2. The van der Waals surface area contributed by atoms with Crippen LogP contribution in [0, 0.1) is 17.2 Å². The van der Waals surface area contributed by atoms with Crippen molar-refractivity contribution in [2.24, 2.45) is 5.92 Å². The molecular weight excluding hydrogens is 136 g/mol. The first-order chi connectivity index (χ1) is 5.31. The Morgan fingerprint density at radius 2 is 2.00 bits per heavy atom. The van der Waals surface area contributed by atoms with Crippen molar-refractivity contribution in [3.8, 4) is 6.07 Å². The van der Waals surface area contributed by atoms with Crippen LogP contribution in [0.15, 0.2) is 0 Å². The first-order valence-corrected chi connectivity index (χ1v) is 4.39. The van der Waals surface area contributed by atoms with Gasteiger partial charge in [-0.2, -0.15) is 5.26 Å². The molecule has 0 spiro atoms. The molecule has 0 saturated carbocycles. The Kier molecular flexibility index (Phi) is 14.4. The van der Waals surface area contributed by atoms with Gasteiger partial charge in [-0.05, 0) is 19.0 Å². The highest BCUT2D eigenvalue weighted by Crippen LogP contribution is 1.96. The van der Waals surface area contributed by atoms with Crippen LogP contribution in [0.3, 0.4) is 0 Å². The van der Waals surface area contributed by atoms with E-state index in [0.29, 0.717) is 12.3 Å². The third-order valence-electron chi connectivity index (χ3n) is 1.18. The molecule has 0 aliphatic rings. The Morgan fingerprint density at radius 3 is 2.36 bits per heavy atom. The molecule has 0 fully saturated rings. The van der Waals surface area contributed by atoms with Crippen LogP contribution in [-0.2, 0) is 0 Å². The molecule has 0 rings (SSSR count). The highest BCUT2D eigenvalue weighted by atomic mass is 14.8. The molecule has 0 aromatic heterocycles. The maximum Gasteiger partial charge on any atom is 0.0625 e. The SMILES string of the molecule is CC.CCNCC(C)CC#N. The van der Waals surface area contributed by atoms with E-state index in [1.165, 1.54) is 0 Å². The fourth-order valence-corrected chi connectivity index (χ4v) is 0.619. The summed E-state index contributed by atoms with van der Waals surface area (Å²) in [5, 5.41) is 11.4. The fraction of sp³-hybridized carbons (Fsp3) is 0.889. The van der Waals surface area contributed by atoms with E-state index in [-0.39, 0.29) is 0 Å². The summed E-state index contributed by atoms with van der Waals surface area (Å²) in [5.74, 6) is 0.495. The molecule has 66 valence electrons. The van der Waals surface area contributed by atoms with Crippen molar-refractivity contribution in [2.45, 2.75) is 34.1 Å². The summed E-state index contributed by atoms with van der Waals surface area (Å²) in [7, 11) is 0. The van der Waals surface area contributed by atoms with Gasteiger partial charge in [0.1, 0.15) is 0 Å². The minimum absolute atomic E-state index is 0.495. The molecule has 0 bridgehead atoms. The van der Waals surface area contributed by atoms with Crippen LogP contribution in [0.25, 0.3) is 0 Å². The van der Waals surface area contributed by atoms with Crippen molar-refractivity contribution < 1.29 is 0 Å². The largest absolute Gasteiger partial charge is 0.317 e. The Hall–Kier alpha value is -0.550. The third kappa shape index (κ3) is 12.6. The van der Waals surface area contributed by atoms with Crippen LogP contribution in [0.2, 0.25) is 0 Å². The third-order valence-corrected chi connectivity index (χ3v) is 1.18. The molecule has 0 heterocycles. The van der Waals surface area contributed by atoms with Gasteiger partial charge in [0.15, 0.2) is 0 Å². The molecular formula is C9H20N2. The minimum Gasteiger partial charge on any atom is -0.317 e. The molecule has 1 N–H and O–H groups in total. The second kappa shape index (κ2) is 12.2. The standard InChI is InChI=1S/C7H14N2.C2H6/c1-3-9-6-7(2)4-5-8;1-2/h7,9H,3-4,6H2,1-2H3;1-2H3. The van der Waals surface area contributed by atoms with Gasteiger partial charge in [0.2, 0.25) is 0 Å². The quantitative estimate of drug-likeness (QED) is 0.677. The Labute approximate surface area is 70.6 Å². The maximum absolute atomic E-state index is 8.26. The number of rotatable bonds is 4. The summed E-state index contributed by atoms with van der Waals surface area (Å²) < 4.78 is 0. The predicted molar refractivity (Wildman–Crippen MR) is 49.3 cm³/mol. The first-order valence-electron chi connectivity index (χ1n) is 4.39. The second-order valence-corrected chi connectivity index (χ2v) is 2.28. The maximum atomic E-state index is 8.26. The van der Waals surface area contributed by atoms with Crippen LogP contribution in [0.4, 0.5) is 0 Å². The van der Waals surface area contributed by atoms with E-state index in [0.717, 1.165) is 13.1 Å². The zero-order valence-electron chi connectivity index (χ0n) is 8.15. The summed E-state index contributed by atoms with van der Waals surface area (Å²) in [5.41, 5.74) is 0. The van der Waals surface area contributed by atoms with E-state index in [1.807, 2.05) is 13.8 Å². The molecule has 0 aromatic rings. The van der Waals surface area contributed by atoms with Gasteiger partial charge in [-0.1, -0.05) is 27.7 Å². The van der Waals surface area contributed by atoms with Crippen molar-refractivity contribution in [1.29, 1.82) is 5.26 Å². The van der Waals surface area contributed by atoms with E-state index in [2.05, 4.69) is 25.2 Å². The molecule has 0 aromatic carbocycles. The topological polar surface area (TPSA) is 35.8 Å². The number of nitrogens with zero attached hydrogens (tertiary/aromatic N) is 1. The average Bonchev–Trinajstić information content (AvgIpc) is 2.05. The van der Waals surface area contributed by atoms with E-state index >= 15 is 0 Å². The van der Waals surface area contributed by atoms with Crippen molar-refractivity contribution in [3.63, 3.8) is 0 Å². The lowest BCUT2D eigenvalue weighted by Crippen LogP contribution is -2.20. The van der Waals surface area contributed by atoms with Gasteiger partial charge in [-0.3, -0.25) is 0 Å². The van der Waals surface area contributed by atoms with Crippen molar-refractivity contribution in [1.82, 2.24) is 5.32 Å². The molecule has 0 saturated heterocycles. The van der Waals surface area contributed by atoms with E-state index in [4.69, 9.17) is 5.26 Å². The molecule has 0 radical (unpaired) electrons. The lowest BCUT2D eigenvalue weighted by Gasteiger charge is -2.05. The summed E-state index contributed by atoms with van der Waals surface area (Å²) in [6, 6.07) is 2.14. The van der Waals surface area contributed by atoms with Crippen molar-refractivity contribution in [3.05, 3.63) is 0 Å². The zero-order valence-corrected chi connectivity index (χ0v) is 8.15. The van der Waals surface area contributed by atoms with Gasteiger partial charge in [-0.15, -0.1) is 0 Å². The van der Waals surface area contributed by atoms with Crippen molar-refractivity contribution in [2.75, 3.05) is 13.1 Å². The fourth-order valence-electron chi connectivity index (χ4n) is 0.619. The second-order valence-electron chi connectivity index (χ2n) is 2.28. The Balaban J connectivity index is 0. The normalized spacial score (nSPS) is 10.8. The highest BCUT2D eigenvalue weighted by Gasteiger charge is 1.97. The van der Waals surface area contributed by atoms with Crippen LogP contribution >= 0.6 is 0 Å². The van der Waals surface area contributed by atoms with E-state index < -0.39 is 0 Å². The molecule has 0 amide bonds. The smallest absolute Gasteiger partial charge is 0.0625 e. The van der Waals surface area contributed by atoms with Gasteiger partial charge < -0.3 is 5.32 Å². The van der Waals surface area contributed by atoms with Gasteiger partial charge in [0.25, 0.3) is 0 Å². The lowest BCUT2D eigenvalue weighted by atomic mass is 10.1.